The number of hydrogen-bond acceptors (Lipinski definition) is 5. The average molecular weight is 396 g/mol. The lowest BCUT2D eigenvalue weighted by Gasteiger charge is -2.35. The van der Waals surface area contributed by atoms with Crippen LogP contribution in [0.3, 0.4) is 0 Å². The molecule has 0 spiro atoms. The van der Waals surface area contributed by atoms with Crippen molar-refractivity contribution < 1.29 is 13.9 Å². The van der Waals surface area contributed by atoms with E-state index in [2.05, 4.69) is 30.6 Å². The quantitative estimate of drug-likeness (QED) is 0.465. The van der Waals surface area contributed by atoms with Gasteiger partial charge in [-0.2, -0.15) is 20.5 Å². The molecule has 0 saturated carbocycles. The van der Waals surface area contributed by atoms with Gasteiger partial charge in [-0.05, 0) is 11.6 Å². The van der Waals surface area contributed by atoms with Crippen LogP contribution >= 0.6 is 0 Å². The number of benzene rings is 2. The highest BCUT2D eigenvalue weighted by Crippen LogP contribution is 2.40. The summed E-state index contributed by atoms with van der Waals surface area (Å²) in [6.07, 6.45) is 2.89. The Hall–Kier alpha value is -3.46. The van der Waals surface area contributed by atoms with Gasteiger partial charge in [0.1, 0.15) is 35.1 Å². The minimum absolute atomic E-state index is 0.0108. The van der Waals surface area contributed by atoms with Crippen molar-refractivity contribution in [3.05, 3.63) is 83.6 Å². The Morgan fingerprint density at radius 2 is 1.90 bits per heavy atom. The lowest BCUT2D eigenvalue weighted by molar-refractivity contribution is 0.00742. The molecule has 7 nitrogen and oxygen atoms in total. The Labute approximate surface area is 164 Å². The molecule has 0 unspecified atom stereocenters. The molecule has 2 aromatic carbocycles. The van der Waals surface area contributed by atoms with Crippen molar-refractivity contribution in [2.24, 2.45) is 0 Å². The third kappa shape index (κ3) is 3.64. The Bertz CT molecular complexity index is 1080. The minimum atomic E-state index is -1.69. The zero-order valence-electron chi connectivity index (χ0n) is 15.5. The van der Waals surface area contributed by atoms with Gasteiger partial charge in [-0.3, -0.25) is 5.10 Å². The zero-order chi connectivity index (χ0) is 20.4. The Kier molecular flexibility index (Phi) is 4.89. The molecule has 9 heteroatoms. The van der Waals surface area contributed by atoms with Crippen LogP contribution in [0.2, 0.25) is 0 Å². The highest BCUT2D eigenvalue weighted by molar-refractivity contribution is 5.58. The van der Waals surface area contributed by atoms with E-state index < -0.39 is 23.2 Å². The molecule has 2 heterocycles. The van der Waals surface area contributed by atoms with Crippen molar-refractivity contribution in [1.82, 2.24) is 30.6 Å². The van der Waals surface area contributed by atoms with Crippen molar-refractivity contribution in [3.8, 4) is 11.3 Å². The van der Waals surface area contributed by atoms with Crippen LogP contribution in [0.1, 0.15) is 29.8 Å². The number of rotatable bonds is 6. The van der Waals surface area contributed by atoms with Crippen LogP contribution in [0, 0.1) is 11.6 Å². The molecule has 0 fully saturated rings. The van der Waals surface area contributed by atoms with Crippen LogP contribution in [0.25, 0.3) is 11.3 Å². The Morgan fingerprint density at radius 1 is 1.10 bits per heavy atom. The first kappa shape index (κ1) is 18.9. The third-order valence-electron chi connectivity index (χ3n) is 5.14. The largest absolute Gasteiger partial charge is 0.384 e. The smallest absolute Gasteiger partial charge is 0.137 e. The van der Waals surface area contributed by atoms with Crippen molar-refractivity contribution in [3.63, 3.8) is 0 Å². The van der Waals surface area contributed by atoms with Gasteiger partial charge in [0.15, 0.2) is 0 Å². The zero-order valence-corrected chi connectivity index (χ0v) is 15.5. The molecular formula is C20H18F2N6O. The summed E-state index contributed by atoms with van der Waals surface area (Å²) in [7, 11) is 0. The lowest BCUT2D eigenvalue weighted by atomic mass is 9.75. The van der Waals surface area contributed by atoms with Crippen molar-refractivity contribution in [2.75, 3.05) is 0 Å². The fourth-order valence-electron chi connectivity index (χ4n) is 3.45. The fraction of sp³-hybridized carbons (Fsp3) is 0.200. The van der Waals surface area contributed by atoms with Gasteiger partial charge in [0.05, 0.1) is 6.20 Å². The van der Waals surface area contributed by atoms with Gasteiger partial charge < -0.3 is 5.11 Å². The summed E-state index contributed by atoms with van der Waals surface area (Å²) in [5.41, 5.74) is 0.603. The van der Waals surface area contributed by atoms with Gasteiger partial charge >= 0.3 is 0 Å². The van der Waals surface area contributed by atoms with Crippen molar-refractivity contribution in [2.45, 2.75) is 24.9 Å². The summed E-state index contributed by atoms with van der Waals surface area (Å²) < 4.78 is 28.1. The van der Waals surface area contributed by atoms with Crippen LogP contribution in [0.4, 0.5) is 8.78 Å². The number of nitrogens with one attached hydrogen (secondary N) is 2. The summed E-state index contributed by atoms with van der Waals surface area (Å²) in [6, 6.07) is 10.5. The van der Waals surface area contributed by atoms with E-state index in [4.69, 9.17) is 0 Å². The van der Waals surface area contributed by atoms with Gasteiger partial charge in [-0.25, -0.2) is 13.8 Å². The van der Waals surface area contributed by atoms with Crippen LogP contribution in [-0.2, 0) is 12.0 Å². The summed E-state index contributed by atoms with van der Waals surface area (Å²) >= 11 is 0. The number of H-pyrrole nitrogens is 2. The lowest BCUT2D eigenvalue weighted by Crippen LogP contribution is -2.36. The number of nitrogens with zero attached hydrogens (tertiary/aromatic N) is 4. The molecule has 3 N–H and O–H groups in total. The van der Waals surface area contributed by atoms with E-state index in [9.17, 15) is 13.9 Å². The molecule has 0 amide bonds. The van der Waals surface area contributed by atoms with Gasteiger partial charge in [-0.1, -0.05) is 37.3 Å². The Balaban J connectivity index is 1.74. The first-order valence-electron chi connectivity index (χ1n) is 8.95. The average Bonchev–Trinajstić information content (AvgIpc) is 3.41. The number of aromatic amines is 2. The summed E-state index contributed by atoms with van der Waals surface area (Å²) in [5.74, 6) is -1.68. The molecule has 29 heavy (non-hydrogen) atoms. The van der Waals surface area contributed by atoms with Gasteiger partial charge in [0.25, 0.3) is 0 Å². The SMILES string of the molecule is C[C@H](c1ccc(-c2cn[nH]n2)cc1)[C@@](O)(Cc1ncn[nH]1)c1ccc(F)cc1F. The fourth-order valence-corrected chi connectivity index (χ4v) is 3.45. The first-order valence-corrected chi connectivity index (χ1v) is 8.95. The second-order valence-corrected chi connectivity index (χ2v) is 6.86. The molecule has 0 aliphatic heterocycles. The molecule has 0 aliphatic rings. The molecule has 2 atom stereocenters. The van der Waals surface area contributed by atoms with E-state index in [1.165, 1.54) is 12.4 Å². The standard InChI is InChI=1S/C20H18F2N6O/c1-12(13-2-4-14(5-3-13)18-10-24-28-26-18)20(29,9-19-23-11-25-27-19)16-7-6-15(21)8-17(16)22/h2-8,10-12,29H,9H2,1H3,(H,23,25,27)(H,24,26,28)/t12-,20+/m1/s1. The van der Waals surface area contributed by atoms with E-state index >= 15 is 0 Å². The second kappa shape index (κ2) is 7.51. The van der Waals surface area contributed by atoms with Gasteiger partial charge in [0.2, 0.25) is 0 Å². The van der Waals surface area contributed by atoms with E-state index in [0.29, 0.717) is 11.5 Å². The van der Waals surface area contributed by atoms with Crippen LogP contribution < -0.4 is 0 Å². The maximum Gasteiger partial charge on any atom is 0.137 e. The maximum absolute atomic E-state index is 14.6. The normalized spacial score (nSPS) is 14.5. The minimum Gasteiger partial charge on any atom is -0.384 e. The van der Waals surface area contributed by atoms with Gasteiger partial charge in [0, 0.05) is 29.5 Å². The molecule has 0 saturated heterocycles. The number of aromatic nitrogens is 6. The predicted octanol–water partition coefficient (Wildman–Crippen LogP) is 3.10. The molecule has 148 valence electrons. The highest BCUT2D eigenvalue weighted by atomic mass is 19.1. The van der Waals surface area contributed by atoms with E-state index in [0.717, 1.165) is 23.3 Å². The predicted molar refractivity (Wildman–Crippen MR) is 101 cm³/mol. The van der Waals surface area contributed by atoms with Crippen LogP contribution in [0.5, 0.6) is 0 Å². The first-order chi connectivity index (χ1) is 14.0. The second-order valence-electron chi connectivity index (χ2n) is 6.86. The van der Waals surface area contributed by atoms with E-state index in [1.54, 1.807) is 13.1 Å². The molecular weight excluding hydrogens is 378 g/mol. The van der Waals surface area contributed by atoms with Crippen LogP contribution in [0.15, 0.2) is 55.0 Å². The number of aliphatic hydroxyl groups is 1. The number of hydrogen-bond donors (Lipinski definition) is 3. The van der Waals surface area contributed by atoms with Crippen LogP contribution in [-0.4, -0.2) is 35.7 Å². The monoisotopic (exact) mass is 396 g/mol. The summed E-state index contributed by atoms with van der Waals surface area (Å²) in [5, 5.41) is 28.5. The molecule has 0 aliphatic carbocycles. The van der Waals surface area contributed by atoms with Gasteiger partial charge in [-0.15, -0.1) is 0 Å². The van der Waals surface area contributed by atoms with Crippen molar-refractivity contribution >= 4 is 0 Å². The molecule has 0 radical (unpaired) electrons. The van der Waals surface area contributed by atoms with E-state index in [1.807, 2.05) is 24.3 Å². The summed E-state index contributed by atoms with van der Waals surface area (Å²) in [6.45, 7) is 1.78. The van der Waals surface area contributed by atoms with Crippen molar-refractivity contribution in [1.29, 1.82) is 0 Å². The summed E-state index contributed by atoms with van der Waals surface area (Å²) in [4.78, 5) is 4.06. The third-order valence-corrected chi connectivity index (χ3v) is 5.14. The molecule has 2 aromatic heterocycles. The topological polar surface area (TPSA) is 103 Å². The molecule has 4 rings (SSSR count). The van der Waals surface area contributed by atoms with E-state index in [-0.39, 0.29) is 12.0 Å². The molecule has 4 aromatic rings. The Morgan fingerprint density at radius 3 is 2.52 bits per heavy atom. The maximum atomic E-state index is 14.6. The molecule has 0 bridgehead atoms. The number of halogens is 2. The highest BCUT2D eigenvalue weighted by Gasteiger charge is 2.40.